The van der Waals surface area contributed by atoms with Gasteiger partial charge in [0.05, 0.1) is 19.3 Å². The molecule has 18 heavy (non-hydrogen) atoms. The van der Waals surface area contributed by atoms with Crippen LogP contribution < -0.4 is 9.47 Å². The lowest BCUT2D eigenvalue weighted by Crippen LogP contribution is -1.90. The second-order valence-electron chi connectivity index (χ2n) is 3.72. The van der Waals surface area contributed by atoms with Gasteiger partial charge in [0, 0.05) is 5.02 Å². The normalized spacial score (nSPS) is 10.4. The predicted octanol–water partition coefficient (Wildman–Crippen LogP) is 3.71. The Morgan fingerprint density at radius 2 is 2.17 bits per heavy atom. The summed E-state index contributed by atoms with van der Waals surface area (Å²) >= 11 is 6.10. The number of aryl methyl sites for hydroxylation is 1. The Labute approximate surface area is 110 Å². The molecule has 2 aromatic rings. The fourth-order valence-corrected chi connectivity index (χ4v) is 1.75. The van der Waals surface area contributed by atoms with Gasteiger partial charge in [-0.05, 0) is 31.5 Å². The highest BCUT2D eigenvalue weighted by Crippen LogP contribution is 2.35. The van der Waals surface area contributed by atoms with E-state index in [-0.39, 0.29) is 0 Å². The van der Waals surface area contributed by atoms with Crippen molar-refractivity contribution in [1.29, 1.82) is 0 Å². The Morgan fingerprint density at radius 1 is 1.39 bits per heavy atom. The number of hydrogen-bond acceptors (Lipinski definition) is 4. The molecular formula is C13H14ClNO3. The van der Waals surface area contributed by atoms with Gasteiger partial charge in [0.1, 0.15) is 11.9 Å². The van der Waals surface area contributed by atoms with Gasteiger partial charge in [-0.15, -0.1) is 0 Å². The summed E-state index contributed by atoms with van der Waals surface area (Å²) in [6, 6.07) is 3.62. The summed E-state index contributed by atoms with van der Waals surface area (Å²) in [5.41, 5.74) is 1.65. The van der Waals surface area contributed by atoms with Gasteiger partial charge in [-0.3, -0.25) is 0 Å². The molecule has 0 spiro atoms. The van der Waals surface area contributed by atoms with Crippen LogP contribution in [0.5, 0.6) is 11.7 Å². The molecule has 96 valence electrons. The van der Waals surface area contributed by atoms with Crippen molar-refractivity contribution < 1.29 is 13.9 Å². The summed E-state index contributed by atoms with van der Waals surface area (Å²) in [5.74, 6) is 1.48. The van der Waals surface area contributed by atoms with Gasteiger partial charge in [0.2, 0.25) is 5.89 Å². The van der Waals surface area contributed by atoms with E-state index in [1.807, 2.05) is 19.9 Å². The number of methoxy groups -OCH3 is 1. The maximum absolute atomic E-state index is 6.10. The van der Waals surface area contributed by atoms with Crippen LogP contribution in [-0.4, -0.2) is 18.7 Å². The fraction of sp³-hybridized carbons (Fsp3) is 0.308. The van der Waals surface area contributed by atoms with Crippen molar-refractivity contribution in [1.82, 2.24) is 4.98 Å². The molecule has 4 nitrogen and oxygen atoms in total. The molecular weight excluding hydrogens is 254 g/mol. The SMILES string of the molecule is CCOc1cnc(-c2cc(Cl)c(C)cc2OC)o1. The van der Waals surface area contributed by atoms with E-state index in [0.29, 0.717) is 34.8 Å². The zero-order chi connectivity index (χ0) is 13.1. The van der Waals surface area contributed by atoms with Crippen LogP contribution in [0.15, 0.2) is 22.7 Å². The molecule has 0 aliphatic rings. The zero-order valence-corrected chi connectivity index (χ0v) is 11.2. The van der Waals surface area contributed by atoms with E-state index in [0.717, 1.165) is 5.56 Å². The highest BCUT2D eigenvalue weighted by molar-refractivity contribution is 6.31. The van der Waals surface area contributed by atoms with Crippen LogP contribution in [0.1, 0.15) is 12.5 Å². The largest absolute Gasteiger partial charge is 0.496 e. The molecule has 2 rings (SSSR count). The van der Waals surface area contributed by atoms with Crippen LogP contribution in [0.4, 0.5) is 0 Å². The van der Waals surface area contributed by atoms with Crippen LogP contribution in [0.2, 0.25) is 5.02 Å². The van der Waals surface area contributed by atoms with Gasteiger partial charge in [-0.25, -0.2) is 4.98 Å². The first kappa shape index (κ1) is 12.8. The Hall–Kier alpha value is -1.68. The number of benzene rings is 1. The molecule has 0 aliphatic carbocycles. The van der Waals surface area contributed by atoms with Gasteiger partial charge in [0.15, 0.2) is 0 Å². The fourth-order valence-electron chi connectivity index (χ4n) is 1.58. The molecule has 0 amide bonds. The quantitative estimate of drug-likeness (QED) is 0.847. The summed E-state index contributed by atoms with van der Waals surface area (Å²) in [6.45, 7) is 4.32. The minimum Gasteiger partial charge on any atom is -0.496 e. The van der Waals surface area contributed by atoms with E-state index in [9.17, 15) is 0 Å². The number of oxazole rings is 1. The molecule has 1 aromatic heterocycles. The molecule has 1 aromatic carbocycles. The Morgan fingerprint density at radius 3 is 2.83 bits per heavy atom. The molecule has 0 bridgehead atoms. The molecule has 0 aliphatic heterocycles. The average Bonchev–Trinajstić information content (AvgIpc) is 2.81. The van der Waals surface area contributed by atoms with Crippen molar-refractivity contribution in [3.63, 3.8) is 0 Å². The van der Waals surface area contributed by atoms with Crippen LogP contribution in [0, 0.1) is 6.92 Å². The highest BCUT2D eigenvalue weighted by atomic mass is 35.5. The third-order valence-electron chi connectivity index (χ3n) is 2.48. The van der Waals surface area contributed by atoms with Crippen molar-refractivity contribution in [3.8, 4) is 23.1 Å². The van der Waals surface area contributed by atoms with Gasteiger partial charge in [0.25, 0.3) is 0 Å². The summed E-state index contributed by atoms with van der Waals surface area (Å²) in [7, 11) is 1.60. The number of nitrogens with zero attached hydrogens (tertiary/aromatic N) is 1. The second kappa shape index (κ2) is 5.31. The van der Waals surface area contributed by atoms with Gasteiger partial charge < -0.3 is 13.9 Å². The molecule has 0 unspecified atom stereocenters. The van der Waals surface area contributed by atoms with Crippen LogP contribution in [0.25, 0.3) is 11.5 Å². The monoisotopic (exact) mass is 267 g/mol. The average molecular weight is 268 g/mol. The molecule has 0 atom stereocenters. The van der Waals surface area contributed by atoms with Crippen molar-refractivity contribution >= 4 is 11.6 Å². The third-order valence-corrected chi connectivity index (χ3v) is 2.89. The van der Waals surface area contributed by atoms with E-state index in [2.05, 4.69) is 4.98 Å². The lowest BCUT2D eigenvalue weighted by Gasteiger charge is -2.08. The van der Waals surface area contributed by atoms with Crippen molar-refractivity contribution in [3.05, 3.63) is 28.9 Å². The van der Waals surface area contributed by atoms with Crippen LogP contribution >= 0.6 is 11.6 Å². The maximum Gasteiger partial charge on any atom is 0.305 e. The van der Waals surface area contributed by atoms with Crippen LogP contribution in [0.3, 0.4) is 0 Å². The van der Waals surface area contributed by atoms with E-state index >= 15 is 0 Å². The maximum atomic E-state index is 6.10. The van der Waals surface area contributed by atoms with Gasteiger partial charge in [-0.2, -0.15) is 0 Å². The molecule has 0 radical (unpaired) electrons. The standard InChI is InChI=1S/C13H14ClNO3/c1-4-17-12-7-15-13(18-12)9-6-10(14)8(2)5-11(9)16-3/h5-7H,4H2,1-3H3. The van der Waals surface area contributed by atoms with Crippen molar-refractivity contribution in [2.45, 2.75) is 13.8 Å². The summed E-state index contributed by atoms with van der Waals surface area (Å²) in [4.78, 5) is 4.15. The summed E-state index contributed by atoms with van der Waals surface area (Å²) in [6.07, 6.45) is 1.53. The Bertz CT molecular complexity index is 551. The number of rotatable bonds is 4. The zero-order valence-electron chi connectivity index (χ0n) is 10.5. The number of halogens is 1. The van der Waals surface area contributed by atoms with E-state index < -0.39 is 0 Å². The topological polar surface area (TPSA) is 44.5 Å². The molecule has 1 heterocycles. The number of aromatic nitrogens is 1. The minimum atomic E-state index is 0.381. The first-order valence-electron chi connectivity index (χ1n) is 5.58. The third kappa shape index (κ3) is 2.43. The predicted molar refractivity (Wildman–Crippen MR) is 69.4 cm³/mol. The molecule has 5 heteroatoms. The van der Waals surface area contributed by atoms with E-state index in [4.69, 9.17) is 25.5 Å². The molecule has 0 saturated heterocycles. The molecule has 0 N–H and O–H groups in total. The Balaban J connectivity index is 2.45. The van der Waals surface area contributed by atoms with Gasteiger partial charge in [-0.1, -0.05) is 11.6 Å². The lowest BCUT2D eigenvalue weighted by molar-refractivity contribution is 0.260. The van der Waals surface area contributed by atoms with Crippen LogP contribution in [-0.2, 0) is 0 Å². The number of ether oxygens (including phenoxy) is 2. The lowest BCUT2D eigenvalue weighted by atomic mass is 10.1. The van der Waals surface area contributed by atoms with Crippen molar-refractivity contribution in [2.75, 3.05) is 13.7 Å². The summed E-state index contributed by atoms with van der Waals surface area (Å²) in [5, 5.41) is 0.641. The van der Waals surface area contributed by atoms with E-state index in [1.54, 1.807) is 13.2 Å². The first-order chi connectivity index (χ1) is 8.65. The smallest absolute Gasteiger partial charge is 0.305 e. The molecule has 0 fully saturated rings. The highest BCUT2D eigenvalue weighted by Gasteiger charge is 2.14. The Kier molecular flexibility index (Phi) is 3.77. The summed E-state index contributed by atoms with van der Waals surface area (Å²) < 4.78 is 16.0. The second-order valence-corrected chi connectivity index (χ2v) is 4.13. The number of hydrogen-bond donors (Lipinski definition) is 0. The van der Waals surface area contributed by atoms with Gasteiger partial charge >= 0.3 is 5.95 Å². The molecule has 0 saturated carbocycles. The first-order valence-corrected chi connectivity index (χ1v) is 5.96. The van der Waals surface area contributed by atoms with E-state index in [1.165, 1.54) is 6.20 Å². The van der Waals surface area contributed by atoms with Crippen molar-refractivity contribution in [2.24, 2.45) is 0 Å². The minimum absolute atomic E-state index is 0.381.